The number of nitrogens with zero attached hydrogens (tertiary/aromatic N) is 4. The standard InChI is InChI=1S/C30H31F2N5O3/c1-2-15-35(30(40)33-17-21-9-5-3-6-10-21)36-20-27(38)37-26(36)19-34(18-23-16-24(31)13-14-25(23)32)29(39)28(37)22-11-7-4-8-12-22/h3-14,16,26,28H,2,15,17-20H2,1H3,(H,33,40)/t26-,28+/m1/s1. The number of carbonyl (C=O) groups is 3. The lowest BCUT2D eigenvalue weighted by molar-refractivity contribution is -0.158. The van der Waals surface area contributed by atoms with Gasteiger partial charge in [-0.25, -0.2) is 13.6 Å². The number of rotatable bonds is 8. The Bertz CT molecular complexity index is 1370. The van der Waals surface area contributed by atoms with Crippen molar-refractivity contribution in [2.24, 2.45) is 0 Å². The molecule has 208 valence electrons. The van der Waals surface area contributed by atoms with Gasteiger partial charge >= 0.3 is 6.03 Å². The third-order valence-electron chi connectivity index (χ3n) is 7.21. The Morgan fingerprint density at radius 1 is 1.00 bits per heavy atom. The molecule has 40 heavy (non-hydrogen) atoms. The summed E-state index contributed by atoms with van der Waals surface area (Å²) in [5, 5.41) is 6.13. The van der Waals surface area contributed by atoms with Crippen LogP contribution in [0.25, 0.3) is 0 Å². The molecule has 0 bridgehead atoms. The van der Waals surface area contributed by atoms with Gasteiger partial charge in [0, 0.05) is 25.2 Å². The molecule has 2 aliphatic rings. The second kappa shape index (κ2) is 11.8. The summed E-state index contributed by atoms with van der Waals surface area (Å²) in [5.74, 6) is -1.92. The van der Waals surface area contributed by atoms with Crippen LogP contribution in [-0.4, -0.2) is 63.5 Å². The summed E-state index contributed by atoms with van der Waals surface area (Å²) in [6, 6.07) is 20.2. The van der Waals surface area contributed by atoms with Crippen molar-refractivity contribution >= 4 is 17.8 Å². The number of urea groups is 1. The molecule has 10 heteroatoms. The molecule has 0 unspecified atom stereocenters. The van der Waals surface area contributed by atoms with Gasteiger partial charge in [-0.15, -0.1) is 0 Å². The molecule has 2 heterocycles. The zero-order valence-electron chi connectivity index (χ0n) is 22.2. The van der Waals surface area contributed by atoms with Gasteiger partial charge in [-0.2, -0.15) is 5.01 Å². The maximum Gasteiger partial charge on any atom is 0.332 e. The van der Waals surface area contributed by atoms with E-state index in [2.05, 4.69) is 5.32 Å². The Balaban J connectivity index is 1.46. The maximum atomic E-state index is 14.6. The Kier molecular flexibility index (Phi) is 8.06. The average molecular weight is 548 g/mol. The van der Waals surface area contributed by atoms with E-state index < -0.39 is 29.7 Å². The van der Waals surface area contributed by atoms with Gasteiger partial charge in [0.05, 0.1) is 13.1 Å². The second-order valence-corrected chi connectivity index (χ2v) is 9.91. The van der Waals surface area contributed by atoms with Crippen LogP contribution in [-0.2, 0) is 22.7 Å². The minimum Gasteiger partial charge on any atom is -0.333 e. The molecule has 3 aromatic carbocycles. The van der Waals surface area contributed by atoms with Crippen LogP contribution in [0.4, 0.5) is 13.6 Å². The Hall–Kier alpha value is -4.31. The summed E-state index contributed by atoms with van der Waals surface area (Å²) >= 11 is 0. The highest BCUT2D eigenvalue weighted by Crippen LogP contribution is 2.36. The number of piperazine rings is 1. The SMILES string of the molecule is CCCN(C(=O)NCc1ccccc1)N1CC(=O)N2[C@@H](c3ccccc3)C(=O)N(Cc3cc(F)ccc3F)C[C@@H]21. The first-order valence-corrected chi connectivity index (χ1v) is 13.3. The fourth-order valence-corrected chi connectivity index (χ4v) is 5.33. The van der Waals surface area contributed by atoms with Crippen LogP contribution in [0, 0.1) is 11.6 Å². The quantitative estimate of drug-likeness (QED) is 0.462. The molecule has 4 amide bonds. The van der Waals surface area contributed by atoms with Crippen LogP contribution >= 0.6 is 0 Å². The van der Waals surface area contributed by atoms with Crippen LogP contribution in [0.3, 0.4) is 0 Å². The summed E-state index contributed by atoms with van der Waals surface area (Å²) < 4.78 is 28.6. The van der Waals surface area contributed by atoms with Crippen LogP contribution < -0.4 is 5.32 Å². The molecule has 2 fully saturated rings. The Labute approximate surface area is 231 Å². The molecule has 1 N–H and O–H groups in total. The molecule has 2 atom stereocenters. The molecule has 0 aliphatic carbocycles. The summed E-state index contributed by atoms with van der Waals surface area (Å²) in [5.41, 5.74) is 1.57. The fraction of sp³-hybridized carbons (Fsp3) is 0.300. The van der Waals surface area contributed by atoms with Gasteiger partial charge in [-0.3, -0.25) is 14.6 Å². The van der Waals surface area contributed by atoms with Crippen molar-refractivity contribution in [2.45, 2.75) is 38.6 Å². The second-order valence-electron chi connectivity index (χ2n) is 9.91. The van der Waals surface area contributed by atoms with Gasteiger partial charge in [-0.1, -0.05) is 67.6 Å². The molecule has 0 saturated carbocycles. The normalized spacial score (nSPS) is 19.1. The lowest BCUT2D eigenvalue weighted by Gasteiger charge is -2.46. The molecule has 2 aliphatic heterocycles. The molecule has 5 rings (SSSR count). The van der Waals surface area contributed by atoms with Crippen molar-refractivity contribution in [3.8, 4) is 0 Å². The molecule has 3 aromatic rings. The van der Waals surface area contributed by atoms with E-state index in [0.29, 0.717) is 25.1 Å². The number of carbonyl (C=O) groups excluding carboxylic acids is 3. The van der Waals surface area contributed by atoms with Crippen molar-refractivity contribution in [3.05, 3.63) is 107 Å². The minimum absolute atomic E-state index is 0.0238. The highest BCUT2D eigenvalue weighted by atomic mass is 19.1. The monoisotopic (exact) mass is 547 g/mol. The van der Waals surface area contributed by atoms with Crippen molar-refractivity contribution in [1.82, 2.24) is 25.1 Å². The van der Waals surface area contributed by atoms with Crippen LogP contribution in [0.15, 0.2) is 78.9 Å². The topological polar surface area (TPSA) is 76.2 Å². The lowest BCUT2D eigenvalue weighted by atomic mass is 10.00. The summed E-state index contributed by atoms with van der Waals surface area (Å²) in [4.78, 5) is 43.7. The Morgan fingerprint density at radius 2 is 1.70 bits per heavy atom. The number of halogens is 2. The highest BCUT2D eigenvalue weighted by Gasteiger charge is 2.52. The lowest BCUT2D eigenvalue weighted by Crippen LogP contribution is -2.63. The van der Waals surface area contributed by atoms with E-state index in [4.69, 9.17) is 0 Å². The maximum absolute atomic E-state index is 14.6. The molecule has 0 aromatic heterocycles. The van der Waals surface area contributed by atoms with Gasteiger partial charge in [0.1, 0.15) is 23.8 Å². The largest absolute Gasteiger partial charge is 0.333 e. The summed E-state index contributed by atoms with van der Waals surface area (Å²) in [6.07, 6.45) is -0.0452. The first-order valence-electron chi connectivity index (χ1n) is 13.3. The molecule has 8 nitrogen and oxygen atoms in total. The number of hydrazine groups is 1. The highest BCUT2D eigenvalue weighted by molar-refractivity contribution is 5.92. The van der Waals surface area contributed by atoms with Gasteiger partial charge in [0.15, 0.2) is 0 Å². The molecule has 0 spiro atoms. The number of amides is 4. The molecular weight excluding hydrogens is 516 g/mol. The average Bonchev–Trinajstić information content (AvgIpc) is 3.28. The van der Waals surface area contributed by atoms with Crippen molar-refractivity contribution < 1.29 is 23.2 Å². The third kappa shape index (κ3) is 5.53. The van der Waals surface area contributed by atoms with E-state index >= 15 is 0 Å². The predicted molar refractivity (Wildman–Crippen MR) is 144 cm³/mol. The first kappa shape index (κ1) is 27.3. The summed E-state index contributed by atoms with van der Waals surface area (Å²) in [6.45, 7) is 2.35. The van der Waals surface area contributed by atoms with Crippen LogP contribution in [0.1, 0.15) is 36.1 Å². The predicted octanol–water partition coefficient (Wildman–Crippen LogP) is 4.06. The molecular formula is C30H31F2N5O3. The van der Waals surface area contributed by atoms with E-state index in [0.717, 1.165) is 23.8 Å². The number of benzene rings is 3. The Morgan fingerprint density at radius 3 is 2.40 bits per heavy atom. The van der Waals surface area contributed by atoms with Gasteiger partial charge in [0.2, 0.25) is 5.91 Å². The smallest absolute Gasteiger partial charge is 0.332 e. The van der Waals surface area contributed by atoms with Crippen LogP contribution in [0.5, 0.6) is 0 Å². The number of hydrogen-bond donors (Lipinski definition) is 1. The molecule has 0 radical (unpaired) electrons. The van der Waals surface area contributed by atoms with Crippen molar-refractivity contribution in [1.29, 1.82) is 0 Å². The van der Waals surface area contributed by atoms with E-state index in [9.17, 15) is 23.2 Å². The third-order valence-corrected chi connectivity index (χ3v) is 7.21. The van der Waals surface area contributed by atoms with Gasteiger partial charge in [0.25, 0.3) is 5.91 Å². The number of hydrogen-bond acceptors (Lipinski definition) is 4. The number of fused-ring (bicyclic) bond motifs is 1. The zero-order valence-corrected chi connectivity index (χ0v) is 22.2. The summed E-state index contributed by atoms with van der Waals surface area (Å²) in [7, 11) is 0. The van der Waals surface area contributed by atoms with E-state index in [-0.39, 0.29) is 37.1 Å². The molecule has 2 saturated heterocycles. The zero-order chi connectivity index (χ0) is 28.2. The van der Waals surface area contributed by atoms with Gasteiger partial charge in [-0.05, 0) is 35.7 Å². The minimum atomic E-state index is -0.968. The number of nitrogens with one attached hydrogen (secondary N) is 1. The van der Waals surface area contributed by atoms with E-state index in [1.54, 1.807) is 29.3 Å². The first-order chi connectivity index (χ1) is 19.4. The van der Waals surface area contributed by atoms with Crippen molar-refractivity contribution in [3.63, 3.8) is 0 Å². The van der Waals surface area contributed by atoms with Crippen molar-refractivity contribution in [2.75, 3.05) is 19.6 Å². The van der Waals surface area contributed by atoms with E-state index in [1.165, 1.54) is 14.8 Å². The van der Waals surface area contributed by atoms with Gasteiger partial charge < -0.3 is 15.1 Å². The fourth-order valence-electron chi connectivity index (χ4n) is 5.33. The van der Waals surface area contributed by atoms with Crippen LogP contribution in [0.2, 0.25) is 0 Å². The van der Waals surface area contributed by atoms with E-state index in [1.807, 2.05) is 43.3 Å².